The Bertz CT molecular complexity index is 413. The largest absolute Gasteiger partial charge is 0.396 e. The SMILES string of the molecule is Nc1cnncc1N1CCN(C2CCOCC2)CC1. The third kappa shape index (κ3) is 2.79. The van der Waals surface area contributed by atoms with E-state index >= 15 is 0 Å². The number of nitrogens with two attached hydrogens (primary N) is 1. The lowest BCUT2D eigenvalue weighted by molar-refractivity contribution is 0.0321. The maximum absolute atomic E-state index is 5.95. The number of anilines is 2. The van der Waals surface area contributed by atoms with Gasteiger partial charge in [0.2, 0.25) is 0 Å². The molecule has 0 spiro atoms. The second-order valence-electron chi connectivity index (χ2n) is 5.20. The van der Waals surface area contributed by atoms with E-state index in [1.54, 1.807) is 12.4 Å². The van der Waals surface area contributed by atoms with Crippen molar-refractivity contribution in [3.05, 3.63) is 12.4 Å². The third-order valence-corrected chi connectivity index (χ3v) is 4.10. The van der Waals surface area contributed by atoms with Crippen LogP contribution in [0.1, 0.15) is 12.8 Å². The average Bonchev–Trinajstić information content (AvgIpc) is 2.49. The Balaban J connectivity index is 1.58. The van der Waals surface area contributed by atoms with Gasteiger partial charge in [0.15, 0.2) is 0 Å². The van der Waals surface area contributed by atoms with E-state index in [0.717, 1.165) is 50.8 Å². The molecule has 19 heavy (non-hydrogen) atoms. The minimum atomic E-state index is 0.698. The summed E-state index contributed by atoms with van der Waals surface area (Å²) in [4.78, 5) is 4.89. The highest BCUT2D eigenvalue weighted by Crippen LogP contribution is 2.23. The summed E-state index contributed by atoms with van der Waals surface area (Å²) in [5.41, 5.74) is 7.69. The van der Waals surface area contributed by atoms with Crippen molar-refractivity contribution in [3.8, 4) is 0 Å². The van der Waals surface area contributed by atoms with Gasteiger partial charge in [-0.15, -0.1) is 0 Å². The van der Waals surface area contributed by atoms with Crippen LogP contribution < -0.4 is 10.6 Å². The first-order valence-electron chi connectivity index (χ1n) is 6.97. The summed E-state index contributed by atoms with van der Waals surface area (Å²) in [6.45, 7) is 6.01. The fourth-order valence-electron chi connectivity index (χ4n) is 2.97. The summed E-state index contributed by atoms with van der Waals surface area (Å²) in [6.07, 6.45) is 5.72. The molecule has 0 atom stereocenters. The van der Waals surface area contributed by atoms with Gasteiger partial charge < -0.3 is 15.4 Å². The molecule has 0 radical (unpaired) electrons. The number of ether oxygens (including phenoxy) is 1. The molecule has 1 aromatic heterocycles. The van der Waals surface area contributed by atoms with Crippen molar-refractivity contribution in [2.24, 2.45) is 0 Å². The van der Waals surface area contributed by atoms with Gasteiger partial charge in [-0.1, -0.05) is 0 Å². The van der Waals surface area contributed by atoms with Gasteiger partial charge in [-0.3, -0.25) is 4.90 Å². The number of nitrogen functional groups attached to an aromatic ring is 1. The molecule has 0 unspecified atom stereocenters. The van der Waals surface area contributed by atoms with E-state index in [4.69, 9.17) is 10.5 Å². The van der Waals surface area contributed by atoms with Crippen LogP contribution in [-0.2, 0) is 4.74 Å². The number of piperazine rings is 1. The molecule has 0 aliphatic carbocycles. The molecule has 3 rings (SSSR count). The minimum Gasteiger partial charge on any atom is -0.396 e. The first-order valence-corrected chi connectivity index (χ1v) is 6.97. The molecule has 1 aromatic rings. The maximum atomic E-state index is 5.95. The quantitative estimate of drug-likeness (QED) is 0.831. The van der Waals surface area contributed by atoms with Crippen LogP contribution in [-0.4, -0.2) is 60.5 Å². The maximum Gasteiger partial charge on any atom is 0.0822 e. The summed E-state index contributed by atoms with van der Waals surface area (Å²) >= 11 is 0. The van der Waals surface area contributed by atoms with Crippen molar-refractivity contribution in [1.29, 1.82) is 0 Å². The zero-order chi connectivity index (χ0) is 13.1. The van der Waals surface area contributed by atoms with Crippen LogP contribution in [0.3, 0.4) is 0 Å². The third-order valence-electron chi connectivity index (χ3n) is 4.10. The van der Waals surface area contributed by atoms with Gasteiger partial charge in [0.25, 0.3) is 0 Å². The van der Waals surface area contributed by atoms with Crippen LogP contribution in [0.25, 0.3) is 0 Å². The topological polar surface area (TPSA) is 67.5 Å². The van der Waals surface area contributed by atoms with Crippen molar-refractivity contribution in [2.45, 2.75) is 18.9 Å². The Kier molecular flexibility index (Phi) is 3.79. The molecule has 0 saturated carbocycles. The van der Waals surface area contributed by atoms with Crippen molar-refractivity contribution >= 4 is 11.4 Å². The standard InChI is InChI=1S/C13H21N5O/c14-12-9-15-16-10-13(12)18-5-3-17(4-6-18)11-1-7-19-8-2-11/h9-11H,1-8H2,(H2,14,16). The summed E-state index contributed by atoms with van der Waals surface area (Å²) in [7, 11) is 0. The monoisotopic (exact) mass is 263 g/mol. The predicted molar refractivity (Wildman–Crippen MR) is 74.1 cm³/mol. The molecule has 2 saturated heterocycles. The second kappa shape index (κ2) is 5.71. The molecule has 2 fully saturated rings. The zero-order valence-corrected chi connectivity index (χ0v) is 11.2. The van der Waals surface area contributed by atoms with Gasteiger partial charge in [0.1, 0.15) is 0 Å². The first-order chi connectivity index (χ1) is 9.34. The number of hydrogen-bond acceptors (Lipinski definition) is 6. The van der Waals surface area contributed by atoms with Gasteiger partial charge in [-0.05, 0) is 12.8 Å². The molecular formula is C13H21N5O. The van der Waals surface area contributed by atoms with Crippen molar-refractivity contribution in [2.75, 3.05) is 50.0 Å². The Labute approximate surface area is 113 Å². The number of aromatic nitrogens is 2. The Morgan fingerprint density at radius 1 is 1.05 bits per heavy atom. The number of hydrogen-bond donors (Lipinski definition) is 1. The number of rotatable bonds is 2. The molecule has 6 nitrogen and oxygen atoms in total. The first kappa shape index (κ1) is 12.6. The van der Waals surface area contributed by atoms with Crippen molar-refractivity contribution in [1.82, 2.24) is 15.1 Å². The highest BCUT2D eigenvalue weighted by atomic mass is 16.5. The molecule has 0 amide bonds. The van der Waals surface area contributed by atoms with Crippen LogP contribution in [0.5, 0.6) is 0 Å². The molecule has 2 N–H and O–H groups in total. The lowest BCUT2D eigenvalue weighted by Crippen LogP contribution is -2.51. The van der Waals surface area contributed by atoms with Crippen LogP contribution >= 0.6 is 0 Å². The lowest BCUT2D eigenvalue weighted by Gasteiger charge is -2.41. The van der Waals surface area contributed by atoms with E-state index in [0.29, 0.717) is 6.04 Å². The fourth-order valence-corrected chi connectivity index (χ4v) is 2.97. The summed E-state index contributed by atoms with van der Waals surface area (Å²) < 4.78 is 5.43. The highest BCUT2D eigenvalue weighted by molar-refractivity contribution is 5.65. The normalized spacial score (nSPS) is 22.6. The lowest BCUT2D eigenvalue weighted by atomic mass is 10.1. The predicted octanol–water partition coefficient (Wildman–Crippen LogP) is 0.360. The van der Waals surface area contributed by atoms with E-state index in [2.05, 4.69) is 20.0 Å². The summed E-state index contributed by atoms with van der Waals surface area (Å²) in [5.74, 6) is 0. The Hall–Kier alpha value is -1.40. The molecule has 0 aromatic carbocycles. The van der Waals surface area contributed by atoms with Crippen LogP contribution in [0.2, 0.25) is 0 Å². The molecule has 2 aliphatic heterocycles. The molecule has 3 heterocycles. The molecule has 0 bridgehead atoms. The fraction of sp³-hybridized carbons (Fsp3) is 0.692. The van der Waals surface area contributed by atoms with Crippen LogP contribution in [0, 0.1) is 0 Å². The molecule has 2 aliphatic rings. The second-order valence-corrected chi connectivity index (χ2v) is 5.20. The summed E-state index contributed by atoms with van der Waals surface area (Å²) in [6, 6.07) is 0.698. The van der Waals surface area contributed by atoms with Gasteiger partial charge in [-0.2, -0.15) is 10.2 Å². The average molecular weight is 263 g/mol. The number of nitrogens with zero attached hydrogens (tertiary/aromatic N) is 4. The van der Waals surface area contributed by atoms with Gasteiger partial charge >= 0.3 is 0 Å². The molecular weight excluding hydrogens is 242 g/mol. The van der Waals surface area contributed by atoms with E-state index < -0.39 is 0 Å². The van der Waals surface area contributed by atoms with Gasteiger partial charge in [0, 0.05) is 45.4 Å². The Morgan fingerprint density at radius 3 is 2.42 bits per heavy atom. The van der Waals surface area contributed by atoms with Crippen molar-refractivity contribution < 1.29 is 4.74 Å². The van der Waals surface area contributed by atoms with E-state index in [1.807, 2.05) is 0 Å². The summed E-state index contributed by atoms with van der Waals surface area (Å²) in [5, 5.41) is 7.73. The smallest absolute Gasteiger partial charge is 0.0822 e. The minimum absolute atomic E-state index is 0.698. The van der Waals surface area contributed by atoms with Crippen molar-refractivity contribution in [3.63, 3.8) is 0 Å². The van der Waals surface area contributed by atoms with E-state index in [-0.39, 0.29) is 0 Å². The molecule has 104 valence electrons. The van der Waals surface area contributed by atoms with E-state index in [1.165, 1.54) is 12.8 Å². The van der Waals surface area contributed by atoms with E-state index in [9.17, 15) is 0 Å². The highest BCUT2D eigenvalue weighted by Gasteiger charge is 2.26. The van der Waals surface area contributed by atoms with Gasteiger partial charge in [0.05, 0.1) is 23.8 Å². The molecule has 6 heteroatoms. The van der Waals surface area contributed by atoms with Gasteiger partial charge in [-0.25, -0.2) is 0 Å². The van der Waals surface area contributed by atoms with Crippen LogP contribution in [0.4, 0.5) is 11.4 Å². The zero-order valence-electron chi connectivity index (χ0n) is 11.2. The van der Waals surface area contributed by atoms with Crippen LogP contribution in [0.15, 0.2) is 12.4 Å². The Morgan fingerprint density at radius 2 is 1.74 bits per heavy atom.